The highest BCUT2D eigenvalue weighted by molar-refractivity contribution is 5.79. The Morgan fingerprint density at radius 1 is 1.30 bits per heavy atom. The van der Waals surface area contributed by atoms with Gasteiger partial charge in [-0.15, -0.1) is 0 Å². The van der Waals surface area contributed by atoms with Gasteiger partial charge in [-0.1, -0.05) is 12.1 Å². The molecule has 0 spiro atoms. The van der Waals surface area contributed by atoms with Gasteiger partial charge in [0.2, 0.25) is 0 Å². The number of nitrogens with one attached hydrogen (secondary N) is 2. The molecule has 1 heterocycles. The van der Waals surface area contributed by atoms with Crippen LogP contribution < -0.4 is 15.4 Å². The number of likely N-dealkylation sites (tertiary alicyclic amines) is 1. The van der Waals surface area contributed by atoms with E-state index in [-0.39, 0.29) is 0 Å². The molecule has 1 aromatic carbocycles. The number of rotatable bonds is 9. The standard InChI is InChI=1S/C21H36N4O2/c1-17-8-9-19(20(13-17)27-12-6-11-26-4)15-24-21(22-2)23-14-18-7-5-10-25(3)16-18/h8-9,13,18H,5-7,10-12,14-16H2,1-4H3,(H2,22,23,24). The lowest BCUT2D eigenvalue weighted by Crippen LogP contribution is -2.43. The highest BCUT2D eigenvalue weighted by Gasteiger charge is 2.17. The van der Waals surface area contributed by atoms with E-state index in [9.17, 15) is 0 Å². The van der Waals surface area contributed by atoms with Gasteiger partial charge < -0.3 is 25.0 Å². The van der Waals surface area contributed by atoms with Gasteiger partial charge in [-0.2, -0.15) is 0 Å². The van der Waals surface area contributed by atoms with Crippen LogP contribution in [0.2, 0.25) is 0 Å². The van der Waals surface area contributed by atoms with Crippen molar-refractivity contribution in [3.05, 3.63) is 29.3 Å². The Balaban J connectivity index is 1.84. The average Bonchev–Trinajstić information content (AvgIpc) is 2.66. The van der Waals surface area contributed by atoms with Crippen LogP contribution in [0.1, 0.15) is 30.4 Å². The molecule has 27 heavy (non-hydrogen) atoms. The first-order valence-corrected chi connectivity index (χ1v) is 9.96. The molecule has 0 saturated carbocycles. The van der Waals surface area contributed by atoms with Crippen molar-refractivity contribution >= 4 is 5.96 Å². The lowest BCUT2D eigenvalue weighted by atomic mass is 9.99. The zero-order chi connectivity index (χ0) is 19.5. The minimum Gasteiger partial charge on any atom is -0.493 e. The number of aryl methyl sites for hydroxylation is 1. The van der Waals surface area contributed by atoms with Gasteiger partial charge in [-0.25, -0.2) is 0 Å². The third kappa shape index (κ3) is 7.77. The highest BCUT2D eigenvalue weighted by Crippen LogP contribution is 2.20. The summed E-state index contributed by atoms with van der Waals surface area (Å²) in [4.78, 5) is 6.77. The van der Waals surface area contributed by atoms with Crippen molar-refractivity contribution in [3.8, 4) is 5.75 Å². The Bertz CT molecular complexity index is 592. The second-order valence-electron chi connectivity index (χ2n) is 7.38. The summed E-state index contributed by atoms with van der Waals surface area (Å²) in [6, 6.07) is 6.34. The summed E-state index contributed by atoms with van der Waals surface area (Å²) < 4.78 is 11.1. The molecule has 0 radical (unpaired) electrons. The molecule has 0 bridgehead atoms. The second kappa shape index (κ2) is 11.8. The van der Waals surface area contributed by atoms with Gasteiger partial charge in [0.05, 0.1) is 6.61 Å². The average molecular weight is 377 g/mol. The lowest BCUT2D eigenvalue weighted by Gasteiger charge is -2.30. The summed E-state index contributed by atoms with van der Waals surface area (Å²) in [5.74, 6) is 2.46. The number of methoxy groups -OCH3 is 1. The topological polar surface area (TPSA) is 58.1 Å². The summed E-state index contributed by atoms with van der Waals surface area (Å²) in [6.07, 6.45) is 3.45. The fourth-order valence-electron chi connectivity index (χ4n) is 3.41. The molecule has 0 aliphatic carbocycles. The van der Waals surface area contributed by atoms with E-state index >= 15 is 0 Å². The number of hydrogen-bond acceptors (Lipinski definition) is 4. The summed E-state index contributed by atoms with van der Waals surface area (Å²) in [5, 5.41) is 6.89. The van der Waals surface area contributed by atoms with Gasteiger partial charge in [0.15, 0.2) is 5.96 Å². The smallest absolute Gasteiger partial charge is 0.191 e. The molecular weight excluding hydrogens is 340 g/mol. The van der Waals surface area contributed by atoms with E-state index in [1.54, 1.807) is 7.11 Å². The maximum Gasteiger partial charge on any atom is 0.191 e. The monoisotopic (exact) mass is 376 g/mol. The molecule has 1 saturated heterocycles. The maximum absolute atomic E-state index is 5.97. The predicted molar refractivity (Wildman–Crippen MR) is 112 cm³/mol. The van der Waals surface area contributed by atoms with Crippen LogP contribution in [-0.4, -0.2) is 64.9 Å². The van der Waals surface area contributed by atoms with Crippen molar-refractivity contribution in [2.24, 2.45) is 10.9 Å². The first kappa shape index (κ1) is 21.5. The number of benzene rings is 1. The number of ether oxygens (including phenoxy) is 2. The number of aliphatic imine (C=N–C) groups is 1. The first-order chi connectivity index (χ1) is 13.1. The van der Waals surface area contributed by atoms with Gasteiger partial charge in [-0.05, 0) is 50.9 Å². The van der Waals surface area contributed by atoms with E-state index in [1.807, 2.05) is 7.05 Å². The summed E-state index contributed by atoms with van der Waals surface area (Å²) >= 11 is 0. The Kier molecular flexibility index (Phi) is 9.42. The largest absolute Gasteiger partial charge is 0.493 e. The molecule has 0 amide bonds. The van der Waals surface area contributed by atoms with Crippen molar-refractivity contribution < 1.29 is 9.47 Å². The second-order valence-corrected chi connectivity index (χ2v) is 7.38. The van der Waals surface area contributed by atoms with E-state index in [1.165, 1.54) is 24.9 Å². The van der Waals surface area contributed by atoms with Crippen molar-refractivity contribution in [2.45, 2.75) is 32.7 Å². The number of hydrogen-bond donors (Lipinski definition) is 2. The van der Waals surface area contributed by atoms with E-state index in [2.05, 4.69) is 52.7 Å². The summed E-state index contributed by atoms with van der Waals surface area (Å²) in [6.45, 7) is 7.47. The normalized spacial score (nSPS) is 18.4. The molecule has 1 fully saturated rings. The van der Waals surface area contributed by atoms with E-state index in [0.717, 1.165) is 36.8 Å². The zero-order valence-electron chi connectivity index (χ0n) is 17.4. The molecule has 1 atom stereocenters. The van der Waals surface area contributed by atoms with Crippen LogP contribution in [0.5, 0.6) is 5.75 Å². The molecule has 6 nitrogen and oxygen atoms in total. The van der Waals surface area contributed by atoms with Crippen molar-refractivity contribution in [1.29, 1.82) is 0 Å². The fourth-order valence-corrected chi connectivity index (χ4v) is 3.41. The van der Waals surface area contributed by atoms with Crippen LogP contribution in [0.4, 0.5) is 0 Å². The van der Waals surface area contributed by atoms with Crippen LogP contribution in [0, 0.1) is 12.8 Å². The van der Waals surface area contributed by atoms with E-state index in [4.69, 9.17) is 9.47 Å². The molecule has 152 valence electrons. The Labute approximate surface area is 164 Å². The van der Waals surface area contributed by atoms with Gasteiger partial charge in [-0.3, -0.25) is 4.99 Å². The molecule has 1 aliphatic heterocycles. The van der Waals surface area contributed by atoms with E-state index in [0.29, 0.717) is 25.7 Å². The zero-order valence-corrected chi connectivity index (χ0v) is 17.4. The molecule has 1 aromatic rings. The molecule has 6 heteroatoms. The summed E-state index contributed by atoms with van der Waals surface area (Å²) in [7, 11) is 5.73. The molecule has 1 aliphatic rings. The third-order valence-electron chi connectivity index (χ3n) is 4.92. The van der Waals surface area contributed by atoms with Crippen LogP contribution in [-0.2, 0) is 11.3 Å². The molecular formula is C21H36N4O2. The third-order valence-corrected chi connectivity index (χ3v) is 4.92. The lowest BCUT2D eigenvalue weighted by molar-refractivity contribution is 0.171. The SMILES string of the molecule is CN=C(NCc1ccc(C)cc1OCCCOC)NCC1CCCN(C)C1. The fraction of sp³-hybridized carbons (Fsp3) is 0.667. The van der Waals surface area contributed by atoms with Gasteiger partial charge in [0.25, 0.3) is 0 Å². The van der Waals surface area contributed by atoms with Crippen molar-refractivity contribution in [2.75, 3.05) is 54.1 Å². The van der Waals surface area contributed by atoms with Gasteiger partial charge >= 0.3 is 0 Å². The Morgan fingerprint density at radius 3 is 2.89 bits per heavy atom. The molecule has 1 unspecified atom stereocenters. The van der Waals surface area contributed by atoms with Gasteiger partial charge in [0, 0.05) is 52.4 Å². The molecule has 2 N–H and O–H groups in total. The van der Waals surface area contributed by atoms with Crippen LogP contribution in [0.25, 0.3) is 0 Å². The van der Waals surface area contributed by atoms with Crippen LogP contribution in [0.3, 0.4) is 0 Å². The molecule has 0 aromatic heterocycles. The predicted octanol–water partition coefficient (Wildman–Crippen LogP) is 2.42. The molecule has 2 rings (SSSR count). The minimum atomic E-state index is 0.659. The maximum atomic E-state index is 5.97. The summed E-state index contributed by atoms with van der Waals surface area (Å²) in [5.41, 5.74) is 2.34. The van der Waals surface area contributed by atoms with Crippen molar-refractivity contribution in [3.63, 3.8) is 0 Å². The Hall–Kier alpha value is -1.79. The quantitative estimate of drug-likeness (QED) is 0.394. The Morgan fingerprint density at radius 2 is 2.15 bits per heavy atom. The minimum absolute atomic E-state index is 0.659. The number of nitrogens with zero attached hydrogens (tertiary/aromatic N) is 2. The first-order valence-electron chi connectivity index (χ1n) is 9.96. The van der Waals surface area contributed by atoms with E-state index < -0.39 is 0 Å². The van der Waals surface area contributed by atoms with Crippen LogP contribution in [0.15, 0.2) is 23.2 Å². The highest BCUT2D eigenvalue weighted by atomic mass is 16.5. The number of piperidine rings is 1. The van der Waals surface area contributed by atoms with Crippen molar-refractivity contribution in [1.82, 2.24) is 15.5 Å². The van der Waals surface area contributed by atoms with Gasteiger partial charge in [0.1, 0.15) is 5.75 Å². The van der Waals surface area contributed by atoms with Crippen LogP contribution >= 0.6 is 0 Å². The number of guanidine groups is 1.